The van der Waals surface area contributed by atoms with Gasteiger partial charge in [-0.25, -0.2) is 0 Å². The van der Waals surface area contributed by atoms with E-state index in [2.05, 4.69) is 31.0 Å². The topological polar surface area (TPSA) is 15.3 Å². The summed E-state index contributed by atoms with van der Waals surface area (Å²) in [6, 6.07) is 1.63. The molecule has 3 unspecified atom stereocenters. The Morgan fingerprint density at radius 2 is 2.06 bits per heavy atom. The van der Waals surface area contributed by atoms with Gasteiger partial charge in [-0.15, -0.1) is 0 Å². The van der Waals surface area contributed by atoms with Crippen LogP contribution in [0.15, 0.2) is 0 Å². The molecular formula is C15H30N2. The summed E-state index contributed by atoms with van der Waals surface area (Å²) in [5, 5.41) is 3.71. The smallest absolute Gasteiger partial charge is 0.0116 e. The first-order chi connectivity index (χ1) is 8.22. The predicted molar refractivity (Wildman–Crippen MR) is 74.2 cm³/mol. The fourth-order valence-corrected chi connectivity index (χ4v) is 3.94. The molecule has 2 saturated heterocycles. The van der Waals surface area contributed by atoms with E-state index in [0.29, 0.717) is 0 Å². The van der Waals surface area contributed by atoms with Crippen LogP contribution in [0.4, 0.5) is 0 Å². The van der Waals surface area contributed by atoms with Crippen LogP contribution in [-0.2, 0) is 0 Å². The van der Waals surface area contributed by atoms with Crippen molar-refractivity contribution in [2.75, 3.05) is 19.6 Å². The highest BCUT2D eigenvalue weighted by Gasteiger charge is 2.31. The fraction of sp³-hybridized carbons (Fsp3) is 1.00. The Balaban J connectivity index is 1.91. The van der Waals surface area contributed by atoms with Gasteiger partial charge in [0.25, 0.3) is 0 Å². The van der Waals surface area contributed by atoms with Crippen molar-refractivity contribution in [3.8, 4) is 0 Å². The van der Waals surface area contributed by atoms with Crippen LogP contribution in [0.25, 0.3) is 0 Å². The van der Waals surface area contributed by atoms with Crippen molar-refractivity contribution >= 4 is 0 Å². The van der Waals surface area contributed by atoms with E-state index >= 15 is 0 Å². The molecule has 0 aromatic carbocycles. The molecule has 0 amide bonds. The lowest BCUT2D eigenvalue weighted by Gasteiger charge is -2.41. The maximum atomic E-state index is 3.71. The summed E-state index contributed by atoms with van der Waals surface area (Å²) in [7, 11) is 0. The first-order valence-electron chi connectivity index (χ1n) is 7.69. The molecule has 3 atom stereocenters. The van der Waals surface area contributed by atoms with Crippen LogP contribution < -0.4 is 5.32 Å². The molecular weight excluding hydrogens is 208 g/mol. The molecule has 0 aromatic rings. The Bertz CT molecular complexity index is 221. The summed E-state index contributed by atoms with van der Waals surface area (Å²) in [6.07, 6.45) is 6.97. The van der Waals surface area contributed by atoms with Crippen molar-refractivity contribution in [3.63, 3.8) is 0 Å². The number of likely N-dealkylation sites (tertiary alicyclic amines) is 1. The zero-order chi connectivity index (χ0) is 12.3. The van der Waals surface area contributed by atoms with E-state index in [1.807, 2.05) is 0 Å². The van der Waals surface area contributed by atoms with Gasteiger partial charge in [-0.3, -0.25) is 4.90 Å². The molecule has 100 valence electrons. The molecule has 2 rings (SSSR count). The van der Waals surface area contributed by atoms with Gasteiger partial charge in [-0.1, -0.05) is 20.8 Å². The van der Waals surface area contributed by atoms with E-state index in [4.69, 9.17) is 0 Å². The Labute approximate surface area is 107 Å². The van der Waals surface area contributed by atoms with Crippen LogP contribution in [0, 0.1) is 11.8 Å². The molecule has 0 saturated carbocycles. The SMILES string of the molecule is CCC(C(C)C)N1CCCC(C2CCCN2)C1. The summed E-state index contributed by atoms with van der Waals surface area (Å²) < 4.78 is 0. The zero-order valence-electron chi connectivity index (χ0n) is 11.9. The first-order valence-corrected chi connectivity index (χ1v) is 7.69. The molecule has 2 nitrogen and oxygen atoms in total. The molecule has 2 heteroatoms. The van der Waals surface area contributed by atoms with E-state index in [-0.39, 0.29) is 0 Å². The second-order valence-electron chi connectivity index (χ2n) is 6.32. The Morgan fingerprint density at radius 1 is 1.24 bits per heavy atom. The van der Waals surface area contributed by atoms with E-state index in [9.17, 15) is 0 Å². The molecule has 2 aliphatic heterocycles. The number of hydrogen-bond donors (Lipinski definition) is 1. The van der Waals surface area contributed by atoms with Crippen molar-refractivity contribution in [1.82, 2.24) is 10.2 Å². The van der Waals surface area contributed by atoms with Crippen LogP contribution in [-0.4, -0.2) is 36.6 Å². The number of piperidine rings is 1. The van der Waals surface area contributed by atoms with Crippen LogP contribution in [0.3, 0.4) is 0 Å². The minimum atomic E-state index is 0.801. The molecule has 0 spiro atoms. The highest BCUT2D eigenvalue weighted by Crippen LogP contribution is 2.28. The van der Waals surface area contributed by atoms with E-state index in [1.54, 1.807) is 0 Å². The molecule has 2 aliphatic rings. The molecule has 0 aliphatic carbocycles. The van der Waals surface area contributed by atoms with E-state index in [1.165, 1.54) is 51.7 Å². The largest absolute Gasteiger partial charge is 0.314 e. The maximum absolute atomic E-state index is 3.71. The second kappa shape index (κ2) is 6.19. The van der Waals surface area contributed by atoms with Crippen molar-refractivity contribution in [3.05, 3.63) is 0 Å². The van der Waals surface area contributed by atoms with Gasteiger partial charge in [-0.2, -0.15) is 0 Å². The summed E-state index contributed by atoms with van der Waals surface area (Å²) in [5.41, 5.74) is 0. The quantitative estimate of drug-likeness (QED) is 0.810. The van der Waals surface area contributed by atoms with E-state index < -0.39 is 0 Å². The molecule has 17 heavy (non-hydrogen) atoms. The number of rotatable bonds is 4. The molecule has 1 N–H and O–H groups in total. The minimum Gasteiger partial charge on any atom is -0.314 e. The second-order valence-corrected chi connectivity index (χ2v) is 6.32. The van der Waals surface area contributed by atoms with Gasteiger partial charge in [-0.05, 0) is 57.0 Å². The van der Waals surface area contributed by atoms with Crippen LogP contribution in [0.1, 0.15) is 52.9 Å². The molecule has 2 fully saturated rings. The fourth-order valence-electron chi connectivity index (χ4n) is 3.94. The van der Waals surface area contributed by atoms with Crippen molar-refractivity contribution in [1.29, 1.82) is 0 Å². The first kappa shape index (κ1) is 13.4. The maximum Gasteiger partial charge on any atom is 0.0116 e. The van der Waals surface area contributed by atoms with Gasteiger partial charge in [0.05, 0.1) is 0 Å². The van der Waals surface area contributed by atoms with E-state index in [0.717, 1.165) is 23.9 Å². The lowest BCUT2D eigenvalue weighted by atomic mass is 9.87. The van der Waals surface area contributed by atoms with Crippen molar-refractivity contribution < 1.29 is 0 Å². The lowest BCUT2D eigenvalue weighted by molar-refractivity contribution is 0.0812. The summed E-state index contributed by atoms with van der Waals surface area (Å²) in [5.74, 6) is 1.72. The molecule has 2 heterocycles. The average Bonchev–Trinajstić information content (AvgIpc) is 2.83. The van der Waals surface area contributed by atoms with Gasteiger partial charge < -0.3 is 5.32 Å². The summed E-state index contributed by atoms with van der Waals surface area (Å²) in [4.78, 5) is 2.78. The normalized spacial score (nSPS) is 33.2. The van der Waals surface area contributed by atoms with Gasteiger partial charge in [0.2, 0.25) is 0 Å². The predicted octanol–water partition coefficient (Wildman–Crippen LogP) is 2.89. The third-order valence-corrected chi connectivity index (χ3v) is 4.81. The number of nitrogens with zero attached hydrogens (tertiary/aromatic N) is 1. The third kappa shape index (κ3) is 3.23. The van der Waals surface area contributed by atoms with Crippen molar-refractivity contribution in [2.24, 2.45) is 11.8 Å². The molecule has 0 aromatic heterocycles. The van der Waals surface area contributed by atoms with Gasteiger partial charge >= 0.3 is 0 Å². The minimum absolute atomic E-state index is 0.801. The summed E-state index contributed by atoms with van der Waals surface area (Å²) >= 11 is 0. The lowest BCUT2D eigenvalue weighted by Crippen LogP contribution is -2.48. The zero-order valence-corrected chi connectivity index (χ0v) is 11.9. The van der Waals surface area contributed by atoms with Crippen LogP contribution in [0.2, 0.25) is 0 Å². The van der Waals surface area contributed by atoms with Crippen LogP contribution >= 0.6 is 0 Å². The number of nitrogens with one attached hydrogen (secondary N) is 1. The molecule has 0 radical (unpaired) electrons. The Kier molecular flexibility index (Phi) is 4.87. The third-order valence-electron chi connectivity index (χ3n) is 4.81. The monoisotopic (exact) mass is 238 g/mol. The Hall–Kier alpha value is -0.0800. The standard InChI is InChI=1S/C15H30N2/c1-4-15(12(2)3)17-10-6-7-13(11-17)14-8-5-9-16-14/h12-16H,4-11H2,1-3H3. The summed E-state index contributed by atoms with van der Waals surface area (Å²) in [6.45, 7) is 11.0. The average molecular weight is 238 g/mol. The van der Waals surface area contributed by atoms with Crippen molar-refractivity contribution in [2.45, 2.75) is 65.0 Å². The van der Waals surface area contributed by atoms with Crippen LogP contribution in [0.5, 0.6) is 0 Å². The van der Waals surface area contributed by atoms with Gasteiger partial charge in [0.15, 0.2) is 0 Å². The number of hydrogen-bond acceptors (Lipinski definition) is 2. The van der Waals surface area contributed by atoms with Gasteiger partial charge in [0.1, 0.15) is 0 Å². The highest BCUT2D eigenvalue weighted by molar-refractivity contribution is 4.88. The molecule has 0 bridgehead atoms. The Morgan fingerprint density at radius 3 is 2.65 bits per heavy atom. The van der Waals surface area contributed by atoms with Gasteiger partial charge in [0, 0.05) is 18.6 Å². The highest BCUT2D eigenvalue weighted by atomic mass is 15.2.